The first-order valence-electron chi connectivity index (χ1n) is 6.61. The Labute approximate surface area is 116 Å². The molecule has 2 nitrogen and oxygen atoms in total. The summed E-state index contributed by atoms with van der Waals surface area (Å²) >= 11 is 0. The Bertz CT molecular complexity index is 921. The molecule has 0 aliphatic rings. The summed E-state index contributed by atoms with van der Waals surface area (Å²) in [7, 11) is 1.97. The number of fused-ring (bicyclic) bond motifs is 3. The van der Waals surface area contributed by atoms with Crippen LogP contribution in [0.4, 0.5) is 0 Å². The van der Waals surface area contributed by atoms with Crippen LogP contribution in [0.3, 0.4) is 0 Å². The molecule has 0 aliphatic carbocycles. The number of aryl methyl sites for hydroxylation is 1. The highest BCUT2D eigenvalue weighted by atomic mass is 16.3. The van der Waals surface area contributed by atoms with Gasteiger partial charge in [0.2, 0.25) is 0 Å². The number of pyridine rings is 1. The molecule has 0 fully saturated rings. The lowest BCUT2D eigenvalue weighted by molar-refractivity contribution is -0.675. The summed E-state index contributed by atoms with van der Waals surface area (Å²) in [5.74, 6) is 0. The molecular formula is C18H13NO. The highest BCUT2D eigenvalue weighted by Gasteiger charge is 2.08. The predicted octanol–water partition coefficient (Wildman–Crippen LogP) is 3.88. The molecule has 0 radical (unpaired) electrons. The molecule has 2 aromatic heterocycles. The number of para-hydroxylation sites is 2. The zero-order valence-electron chi connectivity index (χ0n) is 11.1. The SMILES string of the molecule is C[n+]1[c-]c(-c2cccc3c2oc2ccccc23)ccc1. The number of hydrogen-bond donors (Lipinski definition) is 0. The lowest BCUT2D eigenvalue weighted by Crippen LogP contribution is -2.26. The summed E-state index contributed by atoms with van der Waals surface area (Å²) in [6, 6.07) is 18.5. The second-order valence-corrected chi connectivity index (χ2v) is 4.93. The second-order valence-electron chi connectivity index (χ2n) is 4.93. The quantitative estimate of drug-likeness (QED) is 0.374. The summed E-state index contributed by atoms with van der Waals surface area (Å²) in [6.07, 6.45) is 5.29. The molecule has 96 valence electrons. The molecule has 2 heterocycles. The zero-order chi connectivity index (χ0) is 13.5. The Kier molecular flexibility index (Phi) is 2.36. The summed E-state index contributed by atoms with van der Waals surface area (Å²) in [5, 5.41) is 2.31. The highest BCUT2D eigenvalue weighted by Crippen LogP contribution is 2.34. The van der Waals surface area contributed by atoms with E-state index in [1.54, 1.807) is 0 Å². The lowest BCUT2D eigenvalue weighted by atomic mass is 10.0. The van der Waals surface area contributed by atoms with Gasteiger partial charge >= 0.3 is 0 Å². The van der Waals surface area contributed by atoms with Gasteiger partial charge < -0.3 is 4.42 Å². The van der Waals surface area contributed by atoms with Crippen LogP contribution in [0.1, 0.15) is 0 Å². The Hall–Kier alpha value is -2.61. The summed E-state index contributed by atoms with van der Waals surface area (Å²) in [4.78, 5) is 0. The zero-order valence-corrected chi connectivity index (χ0v) is 11.1. The summed E-state index contributed by atoms with van der Waals surface area (Å²) in [6.45, 7) is 0. The minimum Gasteiger partial charge on any atom is -0.465 e. The summed E-state index contributed by atoms with van der Waals surface area (Å²) < 4.78 is 7.98. The van der Waals surface area contributed by atoms with Gasteiger partial charge in [0.05, 0.1) is 6.20 Å². The van der Waals surface area contributed by atoms with Crippen molar-refractivity contribution in [2.24, 2.45) is 7.05 Å². The van der Waals surface area contributed by atoms with E-state index in [0.29, 0.717) is 0 Å². The average Bonchev–Trinajstić information content (AvgIpc) is 2.86. The van der Waals surface area contributed by atoms with Gasteiger partial charge in [0, 0.05) is 10.8 Å². The van der Waals surface area contributed by atoms with Crippen molar-refractivity contribution in [2.45, 2.75) is 0 Å². The van der Waals surface area contributed by atoms with Gasteiger partial charge in [0.25, 0.3) is 0 Å². The molecule has 0 aliphatic heterocycles. The molecule has 4 rings (SSSR count). The monoisotopic (exact) mass is 259 g/mol. The number of nitrogens with zero attached hydrogens (tertiary/aromatic N) is 1. The molecular weight excluding hydrogens is 246 g/mol. The molecule has 0 atom stereocenters. The number of hydrogen-bond acceptors (Lipinski definition) is 1. The minimum atomic E-state index is 0.926. The van der Waals surface area contributed by atoms with Crippen LogP contribution >= 0.6 is 0 Å². The van der Waals surface area contributed by atoms with Crippen LogP contribution < -0.4 is 4.57 Å². The lowest BCUT2D eigenvalue weighted by Gasteiger charge is -2.07. The normalized spacial score (nSPS) is 11.2. The van der Waals surface area contributed by atoms with E-state index >= 15 is 0 Å². The Morgan fingerprint density at radius 3 is 2.65 bits per heavy atom. The maximum Gasteiger partial charge on any atom is 0.153 e. The van der Waals surface area contributed by atoms with Crippen LogP contribution in [0.2, 0.25) is 0 Å². The number of furan rings is 1. The van der Waals surface area contributed by atoms with E-state index in [1.165, 1.54) is 0 Å². The first-order chi connectivity index (χ1) is 9.83. The van der Waals surface area contributed by atoms with Crippen LogP contribution in [-0.2, 0) is 7.05 Å². The second kappa shape index (κ2) is 4.20. The van der Waals surface area contributed by atoms with Gasteiger partial charge in [-0.15, -0.1) is 6.07 Å². The molecule has 0 spiro atoms. The van der Waals surface area contributed by atoms with Gasteiger partial charge in [0.1, 0.15) is 18.2 Å². The first-order valence-corrected chi connectivity index (χ1v) is 6.61. The topological polar surface area (TPSA) is 17.0 Å². The fourth-order valence-corrected chi connectivity index (χ4v) is 2.64. The maximum absolute atomic E-state index is 6.05. The standard InChI is InChI=1S/C18H13NO/c1-19-11-5-6-13(12-19)14-8-4-9-16-15-7-2-3-10-17(15)20-18(14)16/h2-11H,1H3. The van der Waals surface area contributed by atoms with Gasteiger partial charge in [-0.25, -0.2) is 0 Å². The molecule has 2 aromatic carbocycles. The Morgan fingerprint density at radius 2 is 1.75 bits per heavy atom. The molecule has 0 saturated carbocycles. The third kappa shape index (κ3) is 1.62. The van der Waals surface area contributed by atoms with E-state index in [9.17, 15) is 0 Å². The van der Waals surface area contributed by atoms with Gasteiger partial charge in [-0.05, 0) is 6.07 Å². The van der Waals surface area contributed by atoms with E-state index in [4.69, 9.17) is 4.42 Å². The van der Waals surface area contributed by atoms with Crippen molar-refractivity contribution in [3.05, 3.63) is 67.0 Å². The van der Waals surface area contributed by atoms with Crippen LogP contribution in [0.15, 0.2) is 65.2 Å². The van der Waals surface area contributed by atoms with E-state index < -0.39 is 0 Å². The molecule has 0 saturated heterocycles. The van der Waals surface area contributed by atoms with Crippen molar-refractivity contribution < 1.29 is 8.98 Å². The van der Waals surface area contributed by atoms with Crippen molar-refractivity contribution in [1.82, 2.24) is 0 Å². The Balaban J connectivity index is 2.10. The number of rotatable bonds is 1. The van der Waals surface area contributed by atoms with Gasteiger partial charge in [-0.3, -0.25) is 4.57 Å². The molecule has 0 amide bonds. The van der Waals surface area contributed by atoms with Crippen molar-refractivity contribution in [1.29, 1.82) is 0 Å². The van der Waals surface area contributed by atoms with E-state index in [1.807, 2.05) is 42.1 Å². The fourth-order valence-electron chi connectivity index (χ4n) is 2.64. The van der Waals surface area contributed by atoms with Gasteiger partial charge in [-0.1, -0.05) is 53.6 Å². The average molecular weight is 259 g/mol. The minimum absolute atomic E-state index is 0.926. The molecule has 0 unspecified atom stereocenters. The largest absolute Gasteiger partial charge is 0.465 e. The molecule has 20 heavy (non-hydrogen) atoms. The third-order valence-corrected chi connectivity index (χ3v) is 3.56. The fraction of sp³-hybridized carbons (Fsp3) is 0.0556. The van der Waals surface area contributed by atoms with Crippen LogP contribution in [-0.4, -0.2) is 0 Å². The third-order valence-electron chi connectivity index (χ3n) is 3.56. The van der Waals surface area contributed by atoms with Crippen LogP contribution in [0.25, 0.3) is 33.1 Å². The molecule has 0 bridgehead atoms. The van der Waals surface area contributed by atoms with Crippen molar-refractivity contribution >= 4 is 21.9 Å². The number of benzene rings is 2. The summed E-state index contributed by atoms with van der Waals surface area (Å²) in [5.41, 5.74) is 3.97. The highest BCUT2D eigenvalue weighted by molar-refractivity contribution is 6.09. The van der Waals surface area contributed by atoms with Gasteiger partial charge in [-0.2, -0.15) is 0 Å². The number of aromatic nitrogens is 1. The van der Waals surface area contributed by atoms with Crippen molar-refractivity contribution in [3.8, 4) is 11.1 Å². The van der Waals surface area contributed by atoms with Gasteiger partial charge in [0.15, 0.2) is 6.20 Å². The molecule has 2 heteroatoms. The maximum atomic E-state index is 6.05. The molecule has 0 N–H and O–H groups in total. The van der Waals surface area contributed by atoms with E-state index in [2.05, 4.69) is 36.5 Å². The van der Waals surface area contributed by atoms with E-state index in [-0.39, 0.29) is 0 Å². The van der Waals surface area contributed by atoms with Crippen LogP contribution in [0.5, 0.6) is 0 Å². The predicted molar refractivity (Wildman–Crippen MR) is 79.2 cm³/mol. The molecule has 4 aromatic rings. The Morgan fingerprint density at radius 1 is 0.900 bits per heavy atom. The first kappa shape index (κ1) is 11.2. The van der Waals surface area contributed by atoms with E-state index in [0.717, 1.165) is 33.1 Å². The van der Waals surface area contributed by atoms with Crippen molar-refractivity contribution in [2.75, 3.05) is 0 Å². The van der Waals surface area contributed by atoms with Crippen LogP contribution in [0, 0.1) is 6.20 Å². The van der Waals surface area contributed by atoms with Crippen molar-refractivity contribution in [3.63, 3.8) is 0 Å². The smallest absolute Gasteiger partial charge is 0.153 e.